The largest absolute Gasteiger partial charge is 0.241 e. The van der Waals surface area contributed by atoms with Crippen LogP contribution >= 0.6 is 0 Å². The highest BCUT2D eigenvalue weighted by Crippen LogP contribution is 2.26. The zero-order valence-electron chi connectivity index (χ0n) is 13.1. The van der Waals surface area contributed by atoms with Gasteiger partial charge in [0.2, 0.25) is 0 Å². The minimum Gasteiger partial charge on any atom is -0.241 e. The van der Waals surface area contributed by atoms with Crippen molar-refractivity contribution in [1.29, 1.82) is 0 Å². The van der Waals surface area contributed by atoms with E-state index < -0.39 is 0 Å². The van der Waals surface area contributed by atoms with E-state index in [4.69, 9.17) is 0 Å². The summed E-state index contributed by atoms with van der Waals surface area (Å²) in [4.78, 5) is 8.59. The van der Waals surface area contributed by atoms with Crippen molar-refractivity contribution in [2.75, 3.05) is 0 Å². The molecule has 1 aliphatic rings. The molecule has 104 valence electrons. The lowest BCUT2D eigenvalue weighted by Crippen LogP contribution is -2.16. The number of aromatic nitrogens is 2. The van der Waals surface area contributed by atoms with Crippen molar-refractivity contribution in [3.8, 4) is 0 Å². The van der Waals surface area contributed by atoms with Crippen LogP contribution in [0.3, 0.4) is 0 Å². The summed E-state index contributed by atoms with van der Waals surface area (Å²) < 4.78 is 0. The van der Waals surface area contributed by atoms with Gasteiger partial charge in [-0.05, 0) is 37.7 Å². The van der Waals surface area contributed by atoms with Crippen LogP contribution in [0.25, 0.3) is 0 Å². The van der Waals surface area contributed by atoms with E-state index in [-0.39, 0.29) is 0 Å². The number of hydrogen-bond acceptors (Lipinski definition) is 2. The molecule has 0 fully saturated rings. The van der Waals surface area contributed by atoms with Crippen LogP contribution in [0.2, 0.25) is 0 Å². The Kier molecular flexibility index (Phi) is 9.53. The average molecular weight is 250 g/mol. The minimum atomic E-state index is 0.859. The van der Waals surface area contributed by atoms with E-state index in [1.807, 2.05) is 13.8 Å². The van der Waals surface area contributed by atoms with Gasteiger partial charge in [-0.3, -0.25) is 0 Å². The number of rotatable bonds is 1. The highest BCUT2D eigenvalue weighted by molar-refractivity contribution is 5.26. The fourth-order valence-electron chi connectivity index (χ4n) is 2.11. The van der Waals surface area contributed by atoms with Crippen LogP contribution in [0.4, 0.5) is 0 Å². The fraction of sp³-hybridized carbons (Fsp3) is 0.750. The molecular weight excluding hydrogens is 220 g/mol. The van der Waals surface area contributed by atoms with Crippen LogP contribution in [0.1, 0.15) is 70.8 Å². The van der Waals surface area contributed by atoms with E-state index in [1.165, 1.54) is 42.6 Å². The second-order valence-electron chi connectivity index (χ2n) is 4.61. The molecule has 2 nitrogen and oxygen atoms in total. The second-order valence-corrected chi connectivity index (χ2v) is 4.61. The number of aryl methyl sites for hydroxylation is 2. The van der Waals surface area contributed by atoms with Gasteiger partial charge in [-0.15, -0.1) is 0 Å². The molecule has 2 heteroatoms. The summed E-state index contributed by atoms with van der Waals surface area (Å²) in [5.74, 6) is 0.859. The van der Waals surface area contributed by atoms with Crippen molar-refractivity contribution in [3.63, 3.8) is 0 Å². The topological polar surface area (TPSA) is 25.8 Å². The molecule has 0 saturated heterocycles. The Morgan fingerprint density at radius 2 is 1.78 bits per heavy atom. The maximum absolute atomic E-state index is 4.34. The van der Waals surface area contributed by atoms with Crippen LogP contribution in [-0.2, 0) is 12.8 Å². The summed E-state index contributed by atoms with van der Waals surface area (Å²) in [5.41, 5.74) is 3.89. The van der Waals surface area contributed by atoms with Crippen LogP contribution in [0, 0.1) is 12.8 Å². The van der Waals surface area contributed by atoms with Gasteiger partial charge in [0.25, 0.3) is 0 Å². The first-order valence-electron chi connectivity index (χ1n) is 7.52. The highest BCUT2D eigenvalue weighted by Gasteiger charge is 2.19. The van der Waals surface area contributed by atoms with Crippen molar-refractivity contribution in [1.82, 2.24) is 9.97 Å². The first-order chi connectivity index (χ1) is 8.72. The molecule has 0 aromatic carbocycles. The molecule has 0 saturated carbocycles. The molecular formula is C16H30N2. The van der Waals surface area contributed by atoms with E-state index in [0.717, 1.165) is 12.3 Å². The highest BCUT2D eigenvalue weighted by atomic mass is 14.8. The summed E-state index contributed by atoms with van der Waals surface area (Å²) in [7, 11) is 0. The molecule has 0 spiro atoms. The predicted molar refractivity (Wildman–Crippen MR) is 79.9 cm³/mol. The van der Waals surface area contributed by atoms with Crippen LogP contribution in [0.15, 0.2) is 6.33 Å². The lowest BCUT2D eigenvalue weighted by Gasteiger charge is -2.23. The Balaban J connectivity index is 0.000000509. The molecule has 1 heterocycles. The molecule has 1 aromatic rings. The van der Waals surface area contributed by atoms with Crippen molar-refractivity contribution >= 4 is 0 Å². The van der Waals surface area contributed by atoms with Gasteiger partial charge >= 0.3 is 0 Å². The molecule has 1 unspecified atom stereocenters. The number of fused-ring (bicyclic) bond motifs is 1. The third-order valence-corrected chi connectivity index (χ3v) is 3.11. The number of nitrogens with zero attached hydrogens (tertiary/aromatic N) is 2. The van der Waals surface area contributed by atoms with E-state index in [9.17, 15) is 0 Å². The van der Waals surface area contributed by atoms with Gasteiger partial charge in [-0.25, -0.2) is 9.97 Å². The van der Waals surface area contributed by atoms with Gasteiger partial charge in [0.05, 0.1) is 0 Å². The number of hydrogen-bond donors (Lipinski definition) is 0. The minimum absolute atomic E-state index is 0.859. The summed E-state index contributed by atoms with van der Waals surface area (Å²) >= 11 is 0. The SMILES string of the molecule is CC.CCC.CCC1CCc2ncnc(C)c2C1. The molecule has 0 aliphatic heterocycles. The molecule has 1 aromatic heterocycles. The van der Waals surface area contributed by atoms with Crippen molar-refractivity contribution in [2.24, 2.45) is 5.92 Å². The Morgan fingerprint density at radius 3 is 2.33 bits per heavy atom. The molecule has 18 heavy (non-hydrogen) atoms. The van der Waals surface area contributed by atoms with Gasteiger partial charge < -0.3 is 0 Å². The third-order valence-electron chi connectivity index (χ3n) is 3.11. The Bertz CT molecular complexity index is 321. The monoisotopic (exact) mass is 250 g/mol. The van der Waals surface area contributed by atoms with E-state index in [0.29, 0.717) is 0 Å². The summed E-state index contributed by atoms with van der Waals surface area (Å²) in [6, 6.07) is 0. The van der Waals surface area contributed by atoms with Crippen LogP contribution in [-0.4, -0.2) is 9.97 Å². The normalized spacial score (nSPS) is 16.7. The van der Waals surface area contributed by atoms with Gasteiger partial charge in [0.1, 0.15) is 6.33 Å². The van der Waals surface area contributed by atoms with Crippen molar-refractivity contribution in [2.45, 2.75) is 73.6 Å². The summed E-state index contributed by atoms with van der Waals surface area (Å²) in [5, 5.41) is 0. The lowest BCUT2D eigenvalue weighted by atomic mass is 9.84. The molecule has 1 atom stereocenters. The zero-order chi connectivity index (χ0) is 14.0. The standard InChI is InChI=1S/C11H16N2.C3H8.C2H6/c1-3-9-4-5-11-10(6-9)8(2)12-7-13-11;1-3-2;1-2/h7,9H,3-6H2,1-2H3;3H2,1-2H3;1-2H3. The molecule has 2 rings (SSSR count). The third kappa shape index (κ3) is 5.16. The average Bonchev–Trinajstić information content (AvgIpc) is 2.42. The van der Waals surface area contributed by atoms with Crippen molar-refractivity contribution < 1.29 is 0 Å². The summed E-state index contributed by atoms with van der Waals surface area (Å²) in [6.07, 6.45) is 7.88. The van der Waals surface area contributed by atoms with Crippen molar-refractivity contribution in [3.05, 3.63) is 23.3 Å². The van der Waals surface area contributed by atoms with Gasteiger partial charge in [0.15, 0.2) is 0 Å². The van der Waals surface area contributed by atoms with Crippen LogP contribution < -0.4 is 0 Å². The smallest absolute Gasteiger partial charge is 0.115 e. The van der Waals surface area contributed by atoms with E-state index in [2.05, 4.69) is 37.7 Å². The Morgan fingerprint density at radius 1 is 1.17 bits per heavy atom. The zero-order valence-corrected chi connectivity index (χ0v) is 13.1. The van der Waals surface area contributed by atoms with E-state index >= 15 is 0 Å². The van der Waals surface area contributed by atoms with Gasteiger partial charge in [-0.1, -0.05) is 47.5 Å². The maximum atomic E-state index is 4.34. The van der Waals surface area contributed by atoms with Crippen LogP contribution in [0.5, 0.6) is 0 Å². The molecule has 0 N–H and O–H groups in total. The fourth-order valence-corrected chi connectivity index (χ4v) is 2.11. The maximum Gasteiger partial charge on any atom is 0.115 e. The Hall–Kier alpha value is -0.920. The van der Waals surface area contributed by atoms with E-state index in [1.54, 1.807) is 6.33 Å². The quantitative estimate of drug-likeness (QED) is 0.719. The first-order valence-corrected chi connectivity index (χ1v) is 7.52. The second kappa shape index (κ2) is 10.0. The Labute approximate surface area is 113 Å². The molecule has 0 radical (unpaired) electrons. The van der Waals surface area contributed by atoms with Gasteiger partial charge in [0, 0.05) is 11.4 Å². The molecule has 0 amide bonds. The predicted octanol–water partition coefficient (Wildman–Crippen LogP) is 4.74. The molecule has 0 bridgehead atoms. The van der Waals surface area contributed by atoms with Gasteiger partial charge in [-0.2, -0.15) is 0 Å². The first kappa shape index (κ1) is 17.1. The molecule has 1 aliphatic carbocycles. The summed E-state index contributed by atoms with van der Waals surface area (Å²) in [6.45, 7) is 12.6. The lowest BCUT2D eigenvalue weighted by molar-refractivity contribution is 0.436.